The number of para-hydroxylation sites is 1. The summed E-state index contributed by atoms with van der Waals surface area (Å²) in [4.78, 5) is 20.9. The van der Waals surface area contributed by atoms with Crippen LogP contribution < -0.4 is 5.56 Å². The Morgan fingerprint density at radius 2 is 1.70 bits per heavy atom. The van der Waals surface area contributed by atoms with Gasteiger partial charge in [0.25, 0.3) is 5.56 Å². The third kappa shape index (κ3) is 2.72. The number of hydrogen-bond donors (Lipinski definition) is 0. The summed E-state index contributed by atoms with van der Waals surface area (Å²) >= 11 is 1.71. The van der Waals surface area contributed by atoms with Crippen LogP contribution >= 0.6 is 11.3 Å². The van der Waals surface area contributed by atoms with Crippen molar-refractivity contribution in [2.45, 2.75) is 32.6 Å². The first-order valence-corrected chi connectivity index (χ1v) is 10.2. The number of nitrogens with zero attached hydrogens (tertiary/aromatic N) is 2. The van der Waals surface area contributed by atoms with Crippen molar-refractivity contribution in [3.63, 3.8) is 0 Å². The predicted molar refractivity (Wildman–Crippen MR) is 112 cm³/mol. The second kappa shape index (κ2) is 6.46. The molecule has 0 saturated heterocycles. The molecule has 4 heteroatoms. The van der Waals surface area contributed by atoms with Gasteiger partial charge in [0.1, 0.15) is 10.7 Å². The van der Waals surface area contributed by atoms with Crippen molar-refractivity contribution < 1.29 is 0 Å². The van der Waals surface area contributed by atoms with Gasteiger partial charge < -0.3 is 0 Å². The lowest BCUT2D eigenvalue weighted by Gasteiger charge is -2.14. The van der Waals surface area contributed by atoms with Crippen LogP contribution in [0, 0.1) is 6.92 Å². The number of hydrogen-bond acceptors (Lipinski definition) is 3. The van der Waals surface area contributed by atoms with E-state index in [4.69, 9.17) is 4.98 Å². The summed E-state index contributed by atoms with van der Waals surface area (Å²) in [5.41, 5.74) is 4.32. The Balaban J connectivity index is 1.87. The molecule has 5 rings (SSSR count). The molecule has 0 spiro atoms. The molecule has 134 valence electrons. The van der Waals surface area contributed by atoms with Crippen LogP contribution in [-0.2, 0) is 12.8 Å². The van der Waals surface area contributed by atoms with E-state index in [1.54, 1.807) is 15.9 Å². The molecule has 0 N–H and O–H groups in total. The number of benzene rings is 2. The molecule has 2 aromatic carbocycles. The van der Waals surface area contributed by atoms with Gasteiger partial charge in [-0.15, -0.1) is 11.3 Å². The van der Waals surface area contributed by atoms with Gasteiger partial charge in [-0.05, 0) is 50.3 Å². The predicted octanol–water partition coefficient (Wildman–Crippen LogP) is 5.30. The van der Waals surface area contributed by atoms with Gasteiger partial charge in [-0.2, -0.15) is 0 Å². The van der Waals surface area contributed by atoms with E-state index in [0.717, 1.165) is 46.6 Å². The summed E-state index contributed by atoms with van der Waals surface area (Å²) in [5.74, 6) is 0.720. The monoisotopic (exact) mass is 372 g/mol. The van der Waals surface area contributed by atoms with E-state index in [2.05, 4.69) is 31.2 Å². The van der Waals surface area contributed by atoms with Gasteiger partial charge in [0.05, 0.1) is 11.1 Å². The molecule has 1 aliphatic rings. The lowest BCUT2D eigenvalue weighted by atomic mass is 9.97. The van der Waals surface area contributed by atoms with Crippen molar-refractivity contribution in [2.75, 3.05) is 0 Å². The molecule has 2 aromatic heterocycles. The van der Waals surface area contributed by atoms with Gasteiger partial charge in [-0.3, -0.25) is 9.36 Å². The van der Waals surface area contributed by atoms with Gasteiger partial charge in [0, 0.05) is 10.4 Å². The molecule has 0 bridgehead atoms. The number of rotatable bonds is 2. The van der Waals surface area contributed by atoms with Gasteiger partial charge in [-0.25, -0.2) is 4.98 Å². The van der Waals surface area contributed by atoms with E-state index >= 15 is 0 Å². The lowest BCUT2D eigenvalue weighted by molar-refractivity contribution is 0.699. The average Bonchev–Trinajstić information content (AvgIpc) is 3.08. The first-order valence-electron chi connectivity index (χ1n) is 9.42. The van der Waals surface area contributed by atoms with E-state index in [1.807, 2.05) is 30.3 Å². The normalized spacial score (nSPS) is 13.7. The molecule has 0 unspecified atom stereocenters. The molecule has 0 aliphatic heterocycles. The highest BCUT2D eigenvalue weighted by Crippen LogP contribution is 2.35. The highest BCUT2D eigenvalue weighted by Gasteiger charge is 2.23. The van der Waals surface area contributed by atoms with E-state index in [1.165, 1.54) is 22.4 Å². The zero-order valence-corrected chi connectivity index (χ0v) is 16.1. The Morgan fingerprint density at radius 3 is 2.48 bits per heavy atom. The van der Waals surface area contributed by atoms with Gasteiger partial charge >= 0.3 is 0 Å². The van der Waals surface area contributed by atoms with Gasteiger partial charge in [0.2, 0.25) is 0 Å². The molecule has 0 radical (unpaired) electrons. The van der Waals surface area contributed by atoms with Crippen molar-refractivity contribution in [1.29, 1.82) is 0 Å². The van der Waals surface area contributed by atoms with Crippen LogP contribution in [-0.4, -0.2) is 9.55 Å². The van der Waals surface area contributed by atoms with E-state index in [-0.39, 0.29) is 5.56 Å². The van der Waals surface area contributed by atoms with Crippen LogP contribution in [0.25, 0.3) is 27.3 Å². The van der Waals surface area contributed by atoms with E-state index in [9.17, 15) is 4.79 Å². The molecule has 0 saturated carbocycles. The standard InChI is InChI=1S/C23H20N2OS/c1-15-11-13-16(14-12-15)21-24-22-20(18-9-5-6-10-19(18)27-22)23(26)25(21)17-7-3-2-4-8-17/h2-4,7-8,11-14H,5-6,9-10H2,1H3. The van der Waals surface area contributed by atoms with Crippen LogP contribution in [0.3, 0.4) is 0 Å². The zero-order chi connectivity index (χ0) is 18.4. The van der Waals surface area contributed by atoms with E-state index in [0.29, 0.717) is 0 Å². The topological polar surface area (TPSA) is 34.9 Å². The summed E-state index contributed by atoms with van der Waals surface area (Å²) < 4.78 is 1.79. The van der Waals surface area contributed by atoms with Crippen LogP contribution in [0.2, 0.25) is 0 Å². The fourth-order valence-corrected chi connectivity index (χ4v) is 5.17. The second-order valence-corrected chi connectivity index (χ2v) is 8.25. The number of thiophene rings is 1. The van der Waals surface area contributed by atoms with Gasteiger partial charge in [0.15, 0.2) is 0 Å². The van der Waals surface area contributed by atoms with Crippen molar-refractivity contribution >= 4 is 21.6 Å². The first-order chi connectivity index (χ1) is 13.2. The number of fused-ring (bicyclic) bond motifs is 3. The van der Waals surface area contributed by atoms with Crippen LogP contribution in [0.1, 0.15) is 28.8 Å². The molecule has 2 heterocycles. The van der Waals surface area contributed by atoms with Crippen molar-refractivity contribution in [1.82, 2.24) is 9.55 Å². The van der Waals surface area contributed by atoms with Crippen molar-refractivity contribution in [3.8, 4) is 17.1 Å². The smallest absolute Gasteiger partial charge is 0.267 e. The average molecular weight is 372 g/mol. The number of aryl methyl sites for hydroxylation is 3. The summed E-state index contributed by atoms with van der Waals surface area (Å²) in [6, 6.07) is 18.1. The maximum absolute atomic E-state index is 13.7. The third-order valence-corrected chi connectivity index (χ3v) is 6.50. The third-order valence-electron chi connectivity index (χ3n) is 5.31. The number of aromatic nitrogens is 2. The van der Waals surface area contributed by atoms with Crippen molar-refractivity contribution in [2.24, 2.45) is 0 Å². The van der Waals surface area contributed by atoms with E-state index < -0.39 is 0 Å². The lowest BCUT2D eigenvalue weighted by Crippen LogP contribution is -2.22. The fourth-order valence-electron chi connectivity index (χ4n) is 3.92. The maximum Gasteiger partial charge on any atom is 0.267 e. The van der Waals surface area contributed by atoms with Crippen LogP contribution in [0.5, 0.6) is 0 Å². The Labute approximate surface area is 161 Å². The van der Waals surface area contributed by atoms with Crippen LogP contribution in [0.4, 0.5) is 0 Å². The Hall–Kier alpha value is -2.72. The highest BCUT2D eigenvalue weighted by atomic mass is 32.1. The molecule has 1 aliphatic carbocycles. The molecular weight excluding hydrogens is 352 g/mol. The molecule has 27 heavy (non-hydrogen) atoms. The molecule has 3 nitrogen and oxygen atoms in total. The summed E-state index contributed by atoms with van der Waals surface area (Å²) in [6.07, 6.45) is 4.42. The molecule has 0 atom stereocenters. The summed E-state index contributed by atoms with van der Waals surface area (Å²) in [7, 11) is 0. The summed E-state index contributed by atoms with van der Waals surface area (Å²) in [5, 5.41) is 0.828. The first kappa shape index (κ1) is 16.5. The van der Waals surface area contributed by atoms with Crippen molar-refractivity contribution in [3.05, 3.63) is 81.0 Å². The minimum Gasteiger partial charge on any atom is -0.268 e. The molecular formula is C23H20N2OS. The Kier molecular flexibility index (Phi) is 3.94. The van der Waals surface area contributed by atoms with Crippen LogP contribution in [0.15, 0.2) is 59.4 Å². The largest absolute Gasteiger partial charge is 0.268 e. The fraction of sp³-hybridized carbons (Fsp3) is 0.217. The highest BCUT2D eigenvalue weighted by molar-refractivity contribution is 7.18. The Morgan fingerprint density at radius 1 is 0.963 bits per heavy atom. The Bertz CT molecular complexity index is 1190. The van der Waals surface area contributed by atoms with Gasteiger partial charge in [-0.1, -0.05) is 48.0 Å². The minimum absolute atomic E-state index is 0.0566. The molecule has 0 amide bonds. The summed E-state index contributed by atoms with van der Waals surface area (Å²) in [6.45, 7) is 2.07. The second-order valence-electron chi connectivity index (χ2n) is 7.17. The SMILES string of the molecule is Cc1ccc(-c2nc3sc4c(c3c(=O)n2-c2ccccc2)CCCC4)cc1. The molecule has 0 fully saturated rings. The zero-order valence-electron chi connectivity index (χ0n) is 15.2. The minimum atomic E-state index is 0.0566. The maximum atomic E-state index is 13.7. The quantitative estimate of drug-likeness (QED) is 0.478. The molecule has 4 aromatic rings.